The van der Waals surface area contributed by atoms with Crippen LogP contribution in [-0.2, 0) is 4.79 Å². The first-order valence-electron chi connectivity index (χ1n) is 6.34. The Morgan fingerprint density at radius 2 is 2.20 bits per heavy atom. The van der Waals surface area contributed by atoms with Gasteiger partial charge in [0.1, 0.15) is 5.82 Å². The van der Waals surface area contributed by atoms with Gasteiger partial charge in [-0.05, 0) is 60.6 Å². The summed E-state index contributed by atoms with van der Waals surface area (Å²) in [4.78, 5) is 23.6. The van der Waals surface area contributed by atoms with E-state index in [4.69, 9.17) is 0 Å². The zero-order valence-corrected chi connectivity index (χ0v) is 13.1. The summed E-state index contributed by atoms with van der Waals surface area (Å²) in [6.07, 6.45) is 1.97. The largest absolute Gasteiger partial charge is 0.481 e. The molecule has 0 heterocycles. The summed E-state index contributed by atoms with van der Waals surface area (Å²) in [6, 6.07) is 3.52. The smallest absolute Gasteiger partial charge is 0.311 e. The Balaban J connectivity index is 2.17. The van der Waals surface area contributed by atoms with E-state index in [1.807, 2.05) is 22.6 Å². The predicted octanol–water partition coefficient (Wildman–Crippen LogP) is 2.80. The Morgan fingerprint density at radius 3 is 2.80 bits per heavy atom. The number of carboxylic acid groups (broad SMARTS) is 1. The molecule has 1 saturated carbocycles. The summed E-state index contributed by atoms with van der Waals surface area (Å²) in [7, 11) is 0. The lowest BCUT2D eigenvalue weighted by molar-refractivity contribution is -0.148. The number of nitrogens with one attached hydrogen (secondary N) is 1. The van der Waals surface area contributed by atoms with Crippen LogP contribution in [0.3, 0.4) is 0 Å². The Hall–Kier alpha value is -1.18. The van der Waals surface area contributed by atoms with Crippen LogP contribution in [0.1, 0.15) is 36.5 Å². The van der Waals surface area contributed by atoms with Crippen LogP contribution < -0.4 is 5.32 Å². The first-order chi connectivity index (χ1) is 9.34. The third-order valence-corrected chi connectivity index (χ3v) is 4.82. The number of carboxylic acids is 1. The van der Waals surface area contributed by atoms with Crippen LogP contribution in [0.15, 0.2) is 18.2 Å². The summed E-state index contributed by atoms with van der Waals surface area (Å²) < 4.78 is 13.5. The average molecular weight is 391 g/mol. The maximum atomic E-state index is 13.0. The molecular weight excluding hydrogens is 376 g/mol. The van der Waals surface area contributed by atoms with Crippen molar-refractivity contribution in [3.05, 3.63) is 33.1 Å². The second-order valence-corrected chi connectivity index (χ2v) is 6.43. The number of hydrogen-bond donors (Lipinski definition) is 2. The first kappa shape index (κ1) is 15.2. The lowest BCUT2D eigenvalue weighted by Gasteiger charge is -2.27. The Morgan fingerprint density at radius 1 is 1.50 bits per heavy atom. The number of halogens is 2. The van der Waals surface area contributed by atoms with Gasteiger partial charge in [-0.25, -0.2) is 4.39 Å². The van der Waals surface area contributed by atoms with Gasteiger partial charge in [0.15, 0.2) is 0 Å². The van der Waals surface area contributed by atoms with E-state index in [-0.39, 0.29) is 5.91 Å². The second-order valence-electron chi connectivity index (χ2n) is 5.27. The topological polar surface area (TPSA) is 66.4 Å². The van der Waals surface area contributed by atoms with Gasteiger partial charge in [0.05, 0.1) is 11.0 Å². The molecular formula is C14H15FINO3. The van der Waals surface area contributed by atoms with Crippen LogP contribution in [0.4, 0.5) is 4.39 Å². The van der Waals surface area contributed by atoms with Crippen molar-refractivity contribution in [2.24, 2.45) is 5.41 Å². The summed E-state index contributed by atoms with van der Waals surface area (Å²) in [5, 5.41) is 12.1. The maximum Gasteiger partial charge on any atom is 0.311 e. The van der Waals surface area contributed by atoms with Gasteiger partial charge >= 0.3 is 5.97 Å². The normalized spacial score (nSPS) is 25.4. The molecule has 2 atom stereocenters. The molecule has 1 amide bonds. The third kappa shape index (κ3) is 2.79. The van der Waals surface area contributed by atoms with Crippen LogP contribution in [0.5, 0.6) is 0 Å². The molecule has 0 radical (unpaired) electrons. The molecule has 108 valence electrons. The SMILES string of the molecule is CC1(C(=O)O)CCCC1NC(=O)c1ccc(F)cc1I. The summed E-state index contributed by atoms with van der Waals surface area (Å²) in [5.74, 6) is -1.65. The molecule has 0 saturated heterocycles. The molecule has 1 aromatic rings. The predicted molar refractivity (Wildman–Crippen MR) is 80.0 cm³/mol. The number of rotatable bonds is 3. The highest BCUT2D eigenvalue weighted by molar-refractivity contribution is 14.1. The van der Waals surface area contributed by atoms with Crippen LogP contribution >= 0.6 is 22.6 Å². The molecule has 4 nitrogen and oxygen atoms in total. The quantitative estimate of drug-likeness (QED) is 0.779. The highest BCUT2D eigenvalue weighted by Crippen LogP contribution is 2.38. The highest BCUT2D eigenvalue weighted by atomic mass is 127. The van der Waals surface area contributed by atoms with E-state index < -0.39 is 23.2 Å². The van der Waals surface area contributed by atoms with E-state index >= 15 is 0 Å². The maximum absolute atomic E-state index is 13.0. The Labute approximate surface area is 129 Å². The van der Waals surface area contributed by atoms with Crippen LogP contribution in [0, 0.1) is 14.8 Å². The molecule has 1 aliphatic rings. The highest BCUT2D eigenvalue weighted by Gasteiger charge is 2.46. The summed E-state index contributed by atoms with van der Waals surface area (Å²) in [5.41, 5.74) is -0.562. The fourth-order valence-corrected chi connectivity index (χ4v) is 3.29. The Kier molecular flexibility index (Phi) is 4.31. The van der Waals surface area contributed by atoms with Crippen LogP contribution in [-0.4, -0.2) is 23.0 Å². The summed E-state index contributed by atoms with van der Waals surface area (Å²) >= 11 is 1.89. The third-order valence-electron chi connectivity index (χ3n) is 3.93. The molecule has 2 N–H and O–H groups in total. The van der Waals surface area contributed by atoms with E-state index in [0.29, 0.717) is 22.0 Å². The number of aliphatic carboxylic acids is 1. The lowest BCUT2D eigenvalue weighted by atomic mass is 9.85. The van der Waals surface area contributed by atoms with Crippen molar-refractivity contribution in [1.29, 1.82) is 0 Å². The molecule has 0 spiro atoms. The molecule has 2 rings (SSSR count). The molecule has 20 heavy (non-hydrogen) atoms. The van der Waals surface area contributed by atoms with Crippen LogP contribution in [0.25, 0.3) is 0 Å². The zero-order chi connectivity index (χ0) is 14.9. The van der Waals surface area contributed by atoms with Crippen LogP contribution in [0.2, 0.25) is 0 Å². The molecule has 1 fully saturated rings. The van der Waals surface area contributed by atoms with Gasteiger partial charge in [0.25, 0.3) is 5.91 Å². The monoisotopic (exact) mass is 391 g/mol. The van der Waals surface area contributed by atoms with Crippen molar-refractivity contribution in [3.8, 4) is 0 Å². The van der Waals surface area contributed by atoms with Gasteiger partial charge in [0.2, 0.25) is 0 Å². The van der Waals surface area contributed by atoms with E-state index in [1.165, 1.54) is 18.2 Å². The fraction of sp³-hybridized carbons (Fsp3) is 0.429. The fourth-order valence-electron chi connectivity index (χ4n) is 2.56. The molecule has 6 heteroatoms. The number of carbonyl (C=O) groups excluding carboxylic acids is 1. The lowest BCUT2D eigenvalue weighted by Crippen LogP contribution is -2.47. The molecule has 0 aromatic heterocycles. The van der Waals surface area contributed by atoms with Crippen molar-refractivity contribution in [1.82, 2.24) is 5.32 Å². The van der Waals surface area contributed by atoms with Gasteiger partial charge in [0, 0.05) is 9.61 Å². The molecule has 0 aliphatic heterocycles. The number of amides is 1. The van der Waals surface area contributed by atoms with Crippen molar-refractivity contribution >= 4 is 34.5 Å². The molecule has 1 aliphatic carbocycles. The van der Waals surface area contributed by atoms with Gasteiger partial charge in [-0.3, -0.25) is 9.59 Å². The van der Waals surface area contributed by atoms with Crippen molar-refractivity contribution in [2.45, 2.75) is 32.2 Å². The minimum Gasteiger partial charge on any atom is -0.481 e. The van der Waals surface area contributed by atoms with E-state index in [9.17, 15) is 19.1 Å². The van der Waals surface area contributed by atoms with E-state index in [2.05, 4.69) is 5.32 Å². The minimum absolute atomic E-state index is 0.353. The average Bonchev–Trinajstić information content (AvgIpc) is 2.72. The number of carbonyl (C=O) groups is 2. The van der Waals surface area contributed by atoms with Crippen molar-refractivity contribution in [2.75, 3.05) is 0 Å². The number of benzene rings is 1. The van der Waals surface area contributed by atoms with Crippen molar-refractivity contribution < 1.29 is 19.1 Å². The van der Waals surface area contributed by atoms with E-state index in [0.717, 1.165) is 6.42 Å². The molecule has 0 bridgehead atoms. The second kappa shape index (κ2) is 5.67. The first-order valence-corrected chi connectivity index (χ1v) is 7.42. The Bertz CT molecular complexity index is 563. The van der Waals surface area contributed by atoms with E-state index in [1.54, 1.807) is 6.92 Å². The number of hydrogen-bond acceptors (Lipinski definition) is 2. The standard InChI is InChI=1S/C14H15FINO3/c1-14(13(19)20)6-2-3-11(14)17-12(18)9-5-4-8(15)7-10(9)16/h4-5,7,11H,2-3,6H2,1H3,(H,17,18)(H,19,20). The van der Waals surface area contributed by atoms with Gasteiger partial charge < -0.3 is 10.4 Å². The molecule has 2 unspecified atom stereocenters. The van der Waals surface area contributed by atoms with Crippen molar-refractivity contribution in [3.63, 3.8) is 0 Å². The van der Waals surface area contributed by atoms with Gasteiger partial charge in [-0.1, -0.05) is 6.42 Å². The van der Waals surface area contributed by atoms with Gasteiger partial charge in [-0.15, -0.1) is 0 Å². The zero-order valence-electron chi connectivity index (χ0n) is 11.0. The minimum atomic E-state index is -0.929. The summed E-state index contributed by atoms with van der Waals surface area (Å²) in [6.45, 7) is 1.66. The molecule has 1 aromatic carbocycles. The van der Waals surface area contributed by atoms with Gasteiger partial charge in [-0.2, -0.15) is 0 Å².